The average molecular weight is 409 g/mol. The van der Waals surface area contributed by atoms with Crippen molar-refractivity contribution in [1.82, 2.24) is 0 Å². The molecule has 1 N–H and O–H groups in total. The number of hydrogen-bond donors (Lipinski definition) is 1. The molecule has 0 aliphatic carbocycles. The third-order valence-corrected chi connectivity index (χ3v) is 4.72. The first-order valence-corrected chi connectivity index (χ1v) is 10.2. The lowest BCUT2D eigenvalue weighted by Crippen LogP contribution is -2.09. The molecule has 31 heavy (non-hydrogen) atoms. The summed E-state index contributed by atoms with van der Waals surface area (Å²) >= 11 is 0. The van der Waals surface area contributed by atoms with E-state index in [0.717, 1.165) is 27.8 Å². The van der Waals surface area contributed by atoms with Crippen molar-refractivity contribution in [2.24, 2.45) is 0 Å². The van der Waals surface area contributed by atoms with E-state index in [1.165, 1.54) is 0 Å². The molecule has 0 heterocycles. The van der Waals surface area contributed by atoms with Gasteiger partial charge < -0.3 is 14.8 Å². The highest BCUT2D eigenvalue weighted by Gasteiger charge is 2.01. The molecule has 0 radical (unpaired) electrons. The van der Waals surface area contributed by atoms with Crippen LogP contribution in [0.2, 0.25) is 0 Å². The number of rotatable bonds is 8. The Labute approximate surface area is 181 Å². The molecule has 0 atom stereocenters. The number of benzene rings is 4. The van der Waals surface area contributed by atoms with E-state index in [0.29, 0.717) is 18.9 Å². The summed E-state index contributed by atoms with van der Waals surface area (Å²) in [5.41, 5.74) is 1.72. The maximum absolute atomic E-state index is 12.3. The first-order chi connectivity index (χ1) is 15.3. The summed E-state index contributed by atoms with van der Waals surface area (Å²) in [5.74, 6) is 1.36. The monoisotopic (exact) mass is 409 g/mol. The predicted octanol–water partition coefficient (Wildman–Crippen LogP) is 5.95. The molecule has 4 aromatic rings. The van der Waals surface area contributed by atoms with Crippen LogP contribution in [0.1, 0.15) is 5.56 Å². The van der Waals surface area contributed by atoms with Crippen LogP contribution in [0.15, 0.2) is 103 Å². The number of carbonyl (C=O) groups excluding carboxylic acids is 1. The van der Waals surface area contributed by atoms with E-state index in [-0.39, 0.29) is 5.91 Å². The van der Waals surface area contributed by atoms with Crippen molar-refractivity contribution in [2.45, 2.75) is 0 Å². The zero-order valence-electron chi connectivity index (χ0n) is 17.0. The van der Waals surface area contributed by atoms with Crippen LogP contribution in [0.3, 0.4) is 0 Å². The highest BCUT2D eigenvalue weighted by molar-refractivity contribution is 6.03. The van der Waals surface area contributed by atoms with Crippen LogP contribution >= 0.6 is 0 Å². The topological polar surface area (TPSA) is 47.6 Å². The Bertz CT molecular complexity index is 1160. The Morgan fingerprint density at radius 3 is 2.13 bits per heavy atom. The molecule has 0 spiro atoms. The lowest BCUT2D eigenvalue weighted by Gasteiger charge is -2.09. The van der Waals surface area contributed by atoms with Crippen molar-refractivity contribution in [3.63, 3.8) is 0 Å². The Balaban J connectivity index is 1.27. The van der Waals surface area contributed by atoms with Crippen LogP contribution < -0.4 is 14.8 Å². The van der Waals surface area contributed by atoms with Crippen LogP contribution in [0, 0.1) is 0 Å². The van der Waals surface area contributed by atoms with Gasteiger partial charge in [-0.1, -0.05) is 60.7 Å². The van der Waals surface area contributed by atoms with Gasteiger partial charge in [0.15, 0.2) is 0 Å². The van der Waals surface area contributed by atoms with E-state index in [2.05, 4.69) is 23.5 Å². The fraction of sp³-hybridized carbons (Fsp3) is 0.0741. The van der Waals surface area contributed by atoms with Gasteiger partial charge in [-0.2, -0.15) is 0 Å². The van der Waals surface area contributed by atoms with Crippen molar-refractivity contribution < 1.29 is 14.3 Å². The number of anilines is 1. The average Bonchev–Trinajstić information content (AvgIpc) is 2.82. The number of para-hydroxylation sites is 1. The Kier molecular flexibility index (Phi) is 6.61. The van der Waals surface area contributed by atoms with Crippen LogP contribution in [0.4, 0.5) is 5.69 Å². The summed E-state index contributed by atoms with van der Waals surface area (Å²) in [6.45, 7) is 0.899. The van der Waals surface area contributed by atoms with Crippen molar-refractivity contribution >= 4 is 28.4 Å². The van der Waals surface area contributed by atoms with Gasteiger partial charge in [0, 0.05) is 11.8 Å². The molecule has 4 aromatic carbocycles. The third-order valence-electron chi connectivity index (χ3n) is 4.72. The zero-order chi connectivity index (χ0) is 21.3. The quantitative estimate of drug-likeness (QED) is 0.289. The SMILES string of the molecule is O=C(C=Cc1cccc2ccccc12)Nc1ccc(OCCOc2ccccc2)cc1. The second-order valence-electron chi connectivity index (χ2n) is 6.93. The highest BCUT2D eigenvalue weighted by Crippen LogP contribution is 2.20. The molecule has 0 unspecified atom stereocenters. The molecule has 0 aromatic heterocycles. The Morgan fingerprint density at radius 1 is 0.710 bits per heavy atom. The molecule has 4 nitrogen and oxygen atoms in total. The third kappa shape index (κ3) is 5.73. The molecule has 0 bridgehead atoms. The zero-order valence-corrected chi connectivity index (χ0v) is 17.0. The van der Waals surface area contributed by atoms with Crippen molar-refractivity contribution in [3.8, 4) is 11.5 Å². The second-order valence-corrected chi connectivity index (χ2v) is 6.93. The molecule has 154 valence electrons. The van der Waals surface area contributed by atoms with Crippen molar-refractivity contribution in [1.29, 1.82) is 0 Å². The minimum atomic E-state index is -0.183. The van der Waals surface area contributed by atoms with Gasteiger partial charge in [0.1, 0.15) is 24.7 Å². The van der Waals surface area contributed by atoms with Crippen LogP contribution in [0.5, 0.6) is 11.5 Å². The summed E-state index contributed by atoms with van der Waals surface area (Å²) in [7, 11) is 0. The van der Waals surface area contributed by atoms with E-state index < -0.39 is 0 Å². The standard InChI is InChI=1S/C27H23NO3/c29-27(18-13-22-9-6-8-21-7-4-5-12-26(21)22)28-23-14-16-25(17-15-23)31-20-19-30-24-10-2-1-3-11-24/h1-18H,19-20H2,(H,28,29). The number of amides is 1. The fourth-order valence-electron chi connectivity index (χ4n) is 3.22. The van der Waals surface area contributed by atoms with Crippen LogP contribution in [-0.2, 0) is 4.79 Å². The Morgan fingerprint density at radius 2 is 1.35 bits per heavy atom. The number of ether oxygens (including phenoxy) is 2. The smallest absolute Gasteiger partial charge is 0.248 e. The summed E-state index contributed by atoms with van der Waals surface area (Å²) < 4.78 is 11.3. The molecule has 4 heteroatoms. The summed E-state index contributed by atoms with van der Waals surface area (Å²) in [6.07, 6.45) is 3.38. The van der Waals surface area contributed by atoms with Crippen molar-refractivity contribution in [3.05, 3.63) is 109 Å². The van der Waals surface area contributed by atoms with E-state index in [1.54, 1.807) is 6.08 Å². The largest absolute Gasteiger partial charge is 0.490 e. The molecule has 1 amide bonds. The summed E-state index contributed by atoms with van der Waals surface area (Å²) in [6, 6.07) is 31.1. The summed E-state index contributed by atoms with van der Waals surface area (Å²) in [4.78, 5) is 12.3. The maximum Gasteiger partial charge on any atom is 0.248 e. The van der Waals surface area contributed by atoms with Crippen molar-refractivity contribution in [2.75, 3.05) is 18.5 Å². The second kappa shape index (κ2) is 10.1. The molecular formula is C27H23NO3. The fourth-order valence-corrected chi connectivity index (χ4v) is 3.22. The number of hydrogen-bond acceptors (Lipinski definition) is 3. The van der Waals surface area contributed by atoms with Gasteiger partial charge in [-0.3, -0.25) is 4.79 Å². The van der Waals surface area contributed by atoms with E-state index in [9.17, 15) is 4.79 Å². The number of nitrogens with one attached hydrogen (secondary N) is 1. The van der Waals surface area contributed by atoms with Gasteiger partial charge >= 0.3 is 0 Å². The van der Waals surface area contributed by atoms with Gasteiger partial charge in [-0.25, -0.2) is 0 Å². The van der Waals surface area contributed by atoms with Gasteiger partial charge in [-0.15, -0.1) is 0 Å². The van der Waals surface area contributed by atoms with Crippen LogP contribution in [0.25, 0.3) is 16.8 Å². The molecule has 0 fully saturated rings. The molecule has 0 aliphatic heterocycles. The minimum Gasteiger partial charge on any atom is -0.490 e. The summed E-state index contributed by atoms with van der Waals surface area (Å²) in [5, 5.41) is 5.14. The van der Waals surface area contributed by atoms with E-state index in [1.807, 2.05) is 84.9 Å². The predicted molar refractivity (Wildman–Crippen MR) is 125 cm³/mol. The van der Waals surface area contributed by atoms with Crippen LogP contribution in [-0.4, -0.2) is 19.1 Å². The van der Waals surface area contributed by atoms with E-state index >= 15 is 0 Å². The maximum atomic E-state index is 12.3. The first-order valence-electron chi connectivity index (χ1n) is 10.2. The first kappa shape index (κ1) is 20.2. The lowest BCUT2D eigenvalue weighted by molar-refractivity contribution is -0.111. The number of carbonyl (C=O) groups is 1. The number of fused-ring (bicyclic) bond motifs is 1. The molecule has 0 saturated heterocycles. The van der Waals surface area contributed by atoms with Gasteiger partial charge in [0.2, 0.25) is 5.91 Å². The van der Waals surface area contributed by atoms with E-state index in [4.69, 9.17) is 9.47 Å². The highest BCUT2D eigenvalue weighted by atomic mass is 16.5. The Hall–Kier alpha value is -4.05. The molecule has 0 aliphatic rings. The molecular weight excluding hydrogens is 386 g/mol. The van der Waals surface area contributed by atoms with Gasteiger partial charge in [-0.05, 0) is 58.8 Å². The molecule has 0 saturated carbocycles. The minimum absolute atomic E-state index is 0.183. The molecule has 4 rings (SSSR count). The normalized spacial score (nSPS) is 10.8. The van der Waals surface area contributed by atoms with Gasteiger partial charge in [0.05, 0.1) is 0 Å². The van der Waals surface area contributed by atoms with Gasteiger partial charge in [0.25, 0.3) is 0 Å². The lowest BCUT2D eigenvalue weighted by atomic mass is 10.0.